The number of rotatable bonds is 2. The molecule has 4 heteroatoms. The minimum absolute atomic E-state index is 0.302. The molecule has 0 amide bonds. The third kappa shape index (κ3) is 2.79. The van der Waals surface area contributed by atoms with Gasteiger partial charge in [0.15, 0.2) is 5.75 Å². The second-order valence-corrected chi connectivity index (χ2v) is 3.75. The summed E-state index contributed by atoms with van der Waals surface area (Å²) in [5.41, 5.74) is 7.07. The van der Waals surface area contributed by atoms with Crippen LogP contribution in [0.25, 0.3) is 0 Å². The molecule has 0 aliphatic heterocycles. The van der Waals surface area contributed by atoms with Crippen LogP contribution in [0.5, 0.6) is 11.5 Å². The average Bonchev–Trinajstić information content (AvgIpc) is 2.36. The molecular formula is C14H13NO3. The van der Waals surface area contributed by atoms with E-state index in [4.69, 9.17) is 15.2 Å². The number of anilines is 1. The van der Waals surface area contributed by atoms with Crippen LogP contribution in [0.1, 0.15) is 5.56 Å². The van der Waals surface area contributed by atoms with Gasteiger partial charge in [0.25, 0.3) is 0 Å². The summed E-state index contributed by atoms with van der Waals surface area (Å²) in [7, 11) is 0. The molecule has 92 valence electrons. The molecule has 0 saturated carbocycles. The van der Waals surface area contributed by atoms with E-state index in [0.29, 0.717) is 17.2 Å². The predicted molar refractivity (Wildman–Crippen MR) is 68.7 cm³/mol. The van der Waals surface area contributed by atoms with Gasteiger partial charge >= 0.3 is 6.16 Å². The van der Waals surface area contributed by atoms with E-state index in [1.165, 1.54) is 0 Å². The van der Waals surface area contributed by atoms with E-state index in [-0.39, 0.29) is 0 Å². The van der Waals surface area contributed by atoms with Crippen molar-refractivity contribution in [1.29, 1.82) is 0 Å². The highest BCUT2D eigenvalue weighted by molar-refractivity contribution is 5.71. The summed E-state index contributed by atoms with van der Waals surface area (Å²) in [5, 5.41) is 0. The van der Waals surface area contributed by atoms with E-state index in [1.807, 2.05) is 19.1 Å². The lowest BCUT2D eigenvalue weighted by molar-refractivity contribution is 0.152. The van der Waals surface area contributed by atoms with Crippen molar-refractivity contribution in [2.45, 2.75) is 6.92 Å². The first-order valence-corrected chi connectivity index (χ1v) is 5.46. The summed E-state index contributed by atoms with van der Waals surface area (Å²) in [6, 6.07) is 13.9. The number of hydrogen-bond acceptors (Lipinski definition) is 4. The highest BCUT2D eigenvalue weighted by atomic mass is 16.7. The predicted octanol–water partition coefficient (Wildman–Crippen LogP) is 3.16. The molecule has 0 saturated heterocycles. The normalized spacial score (nSPS) is 9.83. The van der Waals surface area contributed by atoms with Crippen molar-refractivity contribution in [1.82, 2.24) is 0 Å². The number of nitrogen functional groups attached to an aromatic ring is 1. The molecule has 0 aliphatic rings. The third-order valence-corrected chi connectivity index (χ3v) is 2.42. The Bertz CT molecular complexity index is 552. The Hall–Kier alpha value is -2.49. The van der Waals surface area contributed by atoms with Gasteiger partial charge in [-0.25, -0.2) is 4.79 Å². The van der Waals surface area contributed by atoms with E-state index in [2.05, 4.69) is 0 Å². The van der Waals surface area contributed by atoms with Gasteiger partial charge in [0, 0.05) is 0 Å². The quantitative estimate of drug-likeness (QED) is 0.500. The summed E-state index contributed by atoms with van der Waals surface area (Å²) in [5.74, 6) is 0.727. The molecular weight excluding hydrogens is 230 g/mol. The van der Waals surface area contributed by atoms with Crippen LogP contribution >= 0.6 is 0 Å². The minimum Gasteiger partial charge on any atom is -0.395 e. The van der Waals surface area contributed by atoms with Crippen molar-refractivity contribution in [2.24, 2.45) is 0 Å². The molecule has 0 aliphatic carbocycles. The number of aryl methyl sites for hydroxylation is 1. The van der Waals surface area contributed by atoms with Gasteiger partial charge in [-0.15, -0.1) is 0 Å². The highest BCUT2D eigenvalue weighted by Gasteiger charge is 2.10. The maximum atomic E-state index is 11.5. The van der Waals surface area contributed by atoms with Crippen LogP contribution in [0.2, 0.25) is 0 Å². The van der Waals surface area contributed by atoms with E-state index in [0.717, 1.165) is 5.56 Å². The maximum Gasteiger partial charge on any atom is 0.519 e. The molecule has 0 bridgehead atoms. The van der Waals surface area contributed by atoms with Crippen LogP contribution in [0.15, 0.2) is 48.5 Å². The van der Waals surface area contributed by atoms with Crippen molar-refractivity contribution >= 4 is 11.8 Å². The summed E-state index contributed by atoms with van der Waals surface area (Å²) >= 11 is 0. The maximum absolute atomic E-state index is 11.5. The molecule has 4 nitrogen and oxygen atoms in total. The molecule has 0 aromatic heterocycles. The number of carbonyl (C=O) groups excluding carboxylic acids is 1. The van der Waals surface area contributed by atoms with Gasteiger partial charge in [-0.3, -0.25) is 0 Å². The van der Waals surface area contributed by atoms with Crippen LogP contribution in [0.4, 0.5) is 10.5 Å². The Morgan fingerprint density at radius 3 is 2.44 bits per heavy atom. The average molecular weight is 243 g/mol. The fourth-order valence-electron chi connectivity index (χ4n) is 1.44. The van der Waals surface area contributed by atoms with Gasteiger partial charge in [0.05, 0.1) is 5.69 Å². The first kappa shape index (κ1) is 12.0. The van der Waals surface area contributed by atoms with Crippen molar-refractivity contribution in [2.75, 3.05) is 5.73 Å². The first-order chi connectivity index (χ1) is 8.66. The standard InChI is InChI=1S/C14H13NO3/c1-10-6-5-9-12(13(10)15)18-14(16)17-11-7-3-2-4-8-11/h2-9H,15H2,1H3. The SMILES string of the molecule is Cc1cccc(OC(=O)Oc2ccccc2)c1N. The van der Waals surface area contributed by atoms with Gasteiger partial charge in [-0.1, -0.05) is 30.3 Å². The fraction of sp³-hybridized carbons (Fsp3) is 0.0714. The smallest absolute Gasteiger partial charge is 0.395 e. The number of ether oxygens (including phenoxy) is 2. The number of benzene rings is 2. The number of hydrogen-bond donors (Lipinski definition) is 1. The molecule has 0 fully saturated rings. The highest BCUT2D eigenvalue weighted by Crippen LogP contribution is 2.24. The van der Waals surface area contributed by atoms with Crippen LogP contribution in [0, 0.1) is 6.92 Å². The van der Waals surface area contributed by atoms with E-state index >= 15 is 0 Å². The Kier molecular flexibility index (Phi) is 3.48. The zero-order chi connectivity index (χ0) is 13.0. The Morgan fingerprint density at radius 2 is 1.72 bits per heavy atom. The topological polar surface area (TPSA) is 61.5 Å². The third-order valence-electron chi connectivity index (χ3n) is 2.42. The van der Waals surface area contributed by atoms with Crippen LogP contribution in [0.3, 0.4) is 0 Å². The molecule has 0 heterocycles. The Labute approximate surface area is 105 Å². The van der Waals surface area contributed by atoms with Gasteiger partial charge in [0.2, 0.25) is 0 Å². The molecule has 2 N–H and O–H groups in total. The number of para-hydroxylation sites is 2. The van der Waals surface area contributed by atoms with Gasteiger partial charge in [-0.2, -0.15) is 0 Å². The number of carbonyl (C=O) groups is 1. The lowest BCUT2D eigenvalue weighted by Crippen LogP contribution is -2.14. The zero-order valence-corrected chi connectivity index (χ0v) is 9.92. The molecule has 0 radical (unpaired) electrons. The summed E-state index contributed by atoms with van der Waals surface area (Å²) in [4.78, 5) is 11.5. The van der Waals surface area contributed by atoms with Gasteiger partial charge in [0.1, 0.15) is 5.75 Å². The van der Waals surface area contributed by atoms with E-state index in [1.54, 1.807) is 36.4 Å². The van der Waals surface area contributed by atoms with Crippen molar-refractivity contribution in [3.8, 4) is 11.5 Å². The van der Waals surface area contributed by atoms with Crippen LogP contribution < -0.4 is 15.2 Å². The van der Waals surface area contributed by atoms with Crippen molar-refractivity contribution in [3.63, 3.8) is 0 Å². The number of nitrogens with two attached hydrogens (primary N) is 1. The largest absolute Gasteiger partial charge is 0.519 e. The lowest BCUT2D eigenvalue weighted by Gasteiger charge is -2.08. The summed E-state index contributed by atoms with van der Waals surface area (Å²) in [6.07, 6.45) is -0.807. The van der Waals surface area contributed by atoms with Crippen molar-refractivity contribution in [3.05, 3.63) is 54.1 Å². The summed E-state index contributed by atoms with van der Waals surface area (Å²) < 4.78 is 10.0. The molecule has 18 heavy (non-hydrogen) atoms. The molecule has 2 aromatic rings. The van der Waals surface area contributed by atoms with Gasteiger partial charge < -0.3 is 15.2 Å². The first-order valence-electron chi connectivity index (χ1n) is 5.46. The van der Waals surface area contributed by atoms with Crippen molar-refractivity contribution < 1.29 is 14.3 Å². The second-order valence-electron chi connectivity index (χ2n) is 3.75. The molecule has 0 atom stereocenters. The fourth-order valence-corrected chi connectivity index (χ4v) is 1.44. The van der Waals surface area contributed by atoms with E-state index in [9.17, 15) is 4.79 Å². The molecule has 0 unspecified atom stereocenters. The molecule has 2 rings (SSSR count). The zero-order valence-electron chi connectivity index (χ0n) is 9.92. The Balaban J connectivity index is 2.06. The minimum atomic E-state index is -0.807. The van der Waals surface area contributed by atoms with Gasteiger partial charge in [-0.05, 0) is 30.7 Å². The molecule has 2 aromatic carbocycles. The van der Waals surface area contributed by atoms with Crippen LogP contribution in [-0.2, 0) is 0 Å². The lowest BCUT2D eigenvalue weighted by atomic mass is 10.2. The Morgan fingerprint density at radius 1 is 1.00 bits per heavy atom. The van der Waals surface area contributed by atoms with Crippen LogP contribution in [-0.4, -0.2) is 6.16 Å². The second kappa shape index (κ2) is 5.23. The summed E-state index contributed by atoms with van der Waals surface area (Å²) in [6.45, 7) is 1.84. The monoisotopic (exact) mass is 243 g/mol. The van der Waals surface area contributed by atoms with E-state index < -0.39 is 6.16 Å². The molecule has 0 spiro atoms.